The maximum atomic E-state index is 8.85. The molecule has 0 fully saturated rings. The molecule has 0 aliphatic carbocycles. The molecular weight excluding hydrogens is 299 g/mol. The number of benzene rings is 1. The van der Waals surface area contributed by atoms with E-state index in [1.165, 1.54) is 9.96 Å². The summed E-state index contributed by atoms with van der Waals surface area (Å²) in [5, 5.41) is 9.74. The van der Waals surface area contributed by atoms with Gasteiger partial charge in [0, 0.05) is 0 Å². The Labute approximate surface area is 96.6 Å². The second-order valence-electron chi connectivity index (χ2n) is 4.37. The van der Waals surface area contributed by atoms with E-state index in [2.05, 4.69) is 51.4 Å². The molecule has 0 bridgehead atoms. The number of nitriles is 1. The van der Waals surface area contributed by atoms with Crippen molar-refractivity contribution in [2.75, 3.05) is 0 Å². The molecular formula is C11H14BrGeN. The van der Waals surface area contributed by atoms with Crippen LogP contribution in [-0.2, 0) is 5.33 Å². The van der Waals surface area contributed by atoms with Crippen LogP contribution in [0.3, 0.4) is 0 Å². The molecule has 0 saturated heterocycles. The van der Waals surface area contributed by atoms with Crippen molar-refractivity contribution in [2.45, 2.75) is 22.6 Å². The maximum absolute atomic E-state index is 8.85. The van der Waals surface area contributed by atoms with Crippen molar-refractivity contribution in [1.29, 1.82) is 5.26 Å². The average molecular weight is 313 g/mol. The van der Waals surface area contributed by atoms with Crippen LogP contribution in [0.4, 0.5) is 0 Å². The Morgan fingerprint density at radius 2 is 2.00 bits per heavy atom. The summed E-state index contributed by atoms with van der Waals surface area (Å²) >= 11 is 1.67. The number of hydrogen-bond donors (Lipinski definition) is 0. The van der Waals surface area contributed by atoms with Gasteiger partial charge in [0.25, 0.3) is 0 Å². The fraction of sp³-hybridized carbons (Fsp3) is 0.364. The summed E-state index contributed by atoms with van der Waals surface area (Å²) in [6, 6.07) is 8.24. The number of nitrogens with zero attached hydrogens (tertiary/aromatic N) is 1. The predicted molar refractivity (Wildman–Crippen MR) is 66.8 cm³/mol. The van der Waals surface area contributed by atoms with Crippen LogP contribution in [0.2, 0.25) is 17.3 Å². The quantitative estimate of drug-likeness (QED) is 0.608. The van der Waals surface area contributed by atoms with Crippen molar-refractivity contribution in [3.05, 3.63) is 29.3 Å². The molecule has 1 nitrogen and oxygen atoms in total. The van der Waals surface area contributed by atoms with Gasteiger partial charge in [-0.25, -0.2) is 0 Å². The molecule has 0 amide bonds. The number of halogens is 1. The van der Waals surface area contributed by atoms with E-state index in [1.54, 1.807) is 0 Å². The molecule has 0 radical (unpaired) electrons. The third kappa shape index (κ3) is 2.62. The molecule has 0 aliphatic heterocycles. The zero-order chi connectivity index (χ0) is 10.8. The van der Waals surface area contributed by atoms with Gasteiger partial charge in [0.1, 0.15) is 0 Å². The van der Waals surface area contributed by atoms with Gasteiger partial charge in [-0.15, -0.1) is 0 Å². The minimum absolute atomic E-state index is 0.783. The summed E-state index contributed by atoms with van der Waals surface area (Å²) in [7, 11) is 0. The summed E-state index contributed by atoms with van der Waals surface area (Å²) in [6.07, 6.45) is 0. The molecule has 0 aromatic heterocycles. The fourth-order valence-corrected chi connectivity index (χ4v) is 6.11. The van der Waals surface area contributed by atoms with Gasteiger partial charge in [0.2, 0.25) is 0 Å². The van der Waals surface area contributed by atoms with Gasteiger partial charge in [-0.2, -0.15) is 0 Å². The topological polar surface area (TPSA) is 23.8 Å². The van der Waals surface area contributed by atoms with Gasteiger partial charge in [-0.1, -0.05) is 0 Å². The molecule has 0 aliphatic rings. The van der Waals surface area contributed by atoms with Crippen molar-refractivity contribution in [3.8, 4) is 6.07 Å². The van der Waals surface area contributed by atoms with E-state index in [1.807, 2.05) is 6.07 Å². The van der Waals surface area contributed by atoms with Gasteiger partial charge in [-0.3, -0.25) is 0 Å². The third-order valence-electron chi connectivity index (χ3n) is 2.19. The van der Waals surface area contributed by atoms with Gasteiger partial charge in [-0.05, 0) is 0 Å². The van der Waals surface area contributed by atoms with E-state index in [0.29, 0.717) is 0 Å². The van der Waals surface area contributed by atoms with Crippen LogP contribution in [0.25, 0.3) is 0 Å². The third-order valence-corrected chi connectivity index (χ3v) is 7.16. The van der Waals surface area contributed by atoms with Crippen molar-refractivity contribution >= 4 is 33.6 Å². The van der Waals surface area contributed by atoms with Crippen LogP contribution in [0, 0.1) is 11.3 Å². The summed E-state index contributed by atoms with van der Waals surface area (Å²) in [6.45, 7) is 0. The van der Waals surface area contributed by atoms with Crippen molar-refractivity contribution in [3.63, 3.8) is 0 Å². The zero-order valence-corrected chi connectivity index (χ0v) is 12.4. The Kier molecular flexibility index (Phi) is 3.80. The molecule has 3 heteroatoms. The number of rotatable bonds is 2. The molecule has 1 aromatic carbocycles. The first-order chi connectivity index (χ1) is 6.49. The first-order valence-electron chi connectivity index (χ1n) is 4.58. The number of alkyl halides is 1. The Hall–Kier alpha value is -0.267. The van der Waals surface area contributed by atoms with Crippen molar-refractivity contribution in [1.82, 2.24) is 0 Å². The molecule has 1 aromatic rings. The summed E-state index contributed by atoms with van der Waals surface area (Å²) in [5.41, 5.74) is 2.13. The molecule has 0 N–H and O–H groups in total. The SMILES string of the molecule is [CH3][Ge]([CH3])([CH3])[c]1cc(C#N)ccc1CBr. The molecule has 1 rings (SSSR count). The summed E-state index contributed by atoms with van der Waals surface area (Å²) in [4.78, 5) is 0. The number of hydrogen-bond acceptors (Lipinski definition) is 1. The Morgan fingerprint density at radius 1 is 1.36 bits per heavy atom. The van der Waals surface area contributed by atoms with E-state index >= 15 is 0 Å². The molecule has 0 spiro atoms. The van der Waals surface area contributed by atoms with Crippen molar-refractivity contribution < 1.29 is 0 Å². The van der Waals surface area contributed by atoms with Crippen molar-refractivity contribution in [2.24, 2.45) is 0 Å². The Morgan fingerprint density at radius 3 is 2.43 bits per heavy atom. The fourth-order valence-electron chi connectivity index (χ4n) is 1.46. The predicted octanol–water partition coefficient (Wildman–Crippen LogP) is 3.00. The Bertz CT molecular complexity index is 374. The molecule has 74 valence electrons. The van der Waals surface area contributed by atoms with Crippen LogP contribution >= 0.6 is 15.9 Å². The van der Waals surface area contributed by atoms with E-state index in [0.717, 1.165) is 10.9 Å². The monoisotopic (exact) mass is 313 g/mol. The zero-order valence-electron chi connectivity index (χ0n) is 8.76. The second-order valence-corrected chi connectivity index (χ2v) is 15.5. The van der Waals surface area contributed by atoms with Crippen LogP contribution in [0.5, 0.6) is 0 Å². The molecule has 0 atom stereocenters. The van der Waals surface area contributed by atoms with E-state index in [4.69, 9.17) is 5.26 Å². The van der Waals surface area contributed by atoms with Crippen LogP contribution < -0.4 is 4.40 Å². The first-order valence-corrected chi connectivity index (χ1v) is 13.0. The molecule has 14 heavy (non-hydrogen) atoms. The van der Waals surface area contributed by atoms with E-state index in [-0.39, 0.29) is 0 Å². The van der Waals surface area contributed by atoms with E-state index in [9.17, 15) is 0 Å². The molecule has 0 heterocycles. The average Bonchev–Trinajstić information content (AvgIpc) is 2.15. The molecule has 0 saturated carbocycles. The van der Waals surface area contributed by atoms with Crippen LogP contribution in [0.1, 0.15) is 11.1 Å². The summed E-state index contributed by atoms with van der Waals surface area (Å²) < 4.78 is 1.43. The first kappa shape index (κ1) is 11.8. The van der Waals surface area contributed by atoms with Crippen LogP contribution in [-0.4, -0.2) is 13.3 Å². The standard InChI is InChI=1S/C11H14BrGeN/c1-13(2,3)11-6-9(8-14)4-5-10(11)7-12/h4-6H,7H2,1-3H3. The summed E-state index contributed by atoms with van der Waals surface area (Å²) in [5.74, 6) is 7.05. The van der Waals surface area contributed by atoms with Gasteiger partial charge >= 0.3 is 96.8 Å². The van der Waals surface area contributed by atoms with E-state index < -0.39 is 13.3 Å². The van der Waals surface area contributed by atoms with Crippen LogP contribution in [0.15, 0.2) is 18.2 Å². The second kappa shape index (κ2) is 4.50. The minimum atomic E-state index is -1.82. The van der Waals surface area contributed by atoms with Gasteiger partial charge < -0.3 is 0 Å². The Balaban J connectivity index is 3.31. The van der Waals surface area contributed by atoms with Gasteiger partial charge in [0.05, 0.1) is 0 Å². The normalized spacial score (nSPS) is 11.1. The molecule has 0 unspecified atom stereocenters. The van der Waals surface area contributed by atoms with Gasteiger partial charge in [0.15, 0.2) is 0 Å².